The number of non-ortho nitro benzene ring substituents is 1. The van der Waals surface area contributed by atoms with Crippen LogP contribution in [0.5, 0.6) is 0 Å². The van der Waals surface area contributed by atoms with Crippen LogP contribution in [0.2, 0.25) is 5.02 Å². The van der Waals surface area contributed by atoms with Crippen molar-refractivity contribution in [3.63, 3.8) is 0 Å². The van der Waals surface area contributed by atoms with Crippen LogP contribution in [0.15, 0.2) is 71.9 Å². The number of nitro benzene ring substituents is 1. The highest BCUT2D eigenvalue weighted by Gasteiger charge is 2.18. The lowest BCUT2D eigenvalue weighted by atomic mass is 10.2. The summed E-state index contributed by atoms with van der Waals surface area (Å²) in [6.07, 6.45) is 0. The Morgan fingerprint density at radius 3 is 2.41 bits per heavy atom. The van der Waals surface area contributed by atoms with E-state index in [1.807, 2.05) is 47.9 Å². The van der Waals surface area contributed by atoms with Crippen molar-refractivity contribution in [3.05, 3.63) is 93.0 Å². The molecule has 0 saturated heterocycles. The number of hydrogen-bond acceptors (Lipinski definition) is 6. The molecule has 4 rings (SSSR count). The molecule has 1 amide bonds. The third-order valence-corrected chi connectivity index (χ3v) is 6.24. The van der Waals surface area contributed by atoms with E-state index in [1.54, 1.807) is 19.1 Å². The molecule has 1 aromatic heterocycles. The SMILES string of the molecule is Cc1ccc(-n2c(SCC(=O)Nc3ccc([N+](=O)[O-])cc3C)nnc2-c2ccc(Cl)cc2)cc1. The van der Waals surface area contributed by atoms with Gasteiger partial charge in [0.25, 0.3) is 5.69 Å². The molecule has 0 aliphatic carbocycles. The second-order valence-electron chi connectivity index (χ2n) is 7.58. The Morgan fingerprint density at radius 2 is 1.76 bits per heavy atom. The largest absolute Gasteiger partial charge is 0.325 e. The molecule has 172 valence electrons. The number of aromatic nitrogens is 3. The predicted molar refractivity (Wildman–Crippen MR) is 134 cm³/mol. The summed E-state index contributed by atoms with van der Waals surface area (Å²) in [7, 11) is 0. The fourth-order valence-electron chi connectivity index (χ4n) is 3.29. The molecule has 0 aliphatic rings. The summed E-state index contributed by atoms with van der Waals surface area (Å²) in [5.41, 5.74) is 3.95. The van der Waals surface area contributed by atoms with E-state index in [9.17, 15) is 14.9 Å². The molecule has 3 aromatic carbocycles. The van der Waals surface area contributed by atoms with E-state index in [0.29, 0.717) is 27.3 Å². The monoisotopic (exact) mass is 493 g/mol. The van der Waals surface area contributed by atoms with Gasteiger partial charge in [0.1, 0.15) is 0 Å². The van der Waals surface area contributed by atoms with Crippen LogP contribution >= 0.6 is 23.4 Å². The van der Waals surface area contributed by atoms with Gasteiger partial charge < -0.3 is 5.32 Å². The summed E-state index contributed by atoms with van der Waals surface area (Å²) in [6, 6.07) is 19.6. The molecule has 0 spiro atoms. The first-order chi connectivity index (χ1) is 16.3. The van der Waals surface area contributed by atoms with Crippen LogP contribution in [0, 0.1) is 24.0 Å². The van der Waals surface area contributed by atoms with Gasteiger partial charge in [-0.25, -0.2) is 0 Å². The van der Waals surface area contributed by atoms with Crippen LogP contribution in [-0.4, -0.2) is 31.3 Å². The Kier molecular flexibility index (Phi) is 6.95. The Bertz CT molecular complexity index is 1350. The Balaban J connectivity index is 1.57. The van der Waals surface area contributed by atoms with Crippen LogP contribution in [0.1, 0.15) is 11.1 Å². The number of benzene rings is 3. The Morgan fingerprint density at radius 1 is 1.06 bits per heavy atom. The molecule has 0 aliphatic heterocycles. The highest BCUT2D eigenvalue weighted by Crippen LogP contribution is 2.29. The maximum absolute atomic E-state index is 12.6. The van der Waals surface area contributed by atoms with Gasteiger partial charge in [-0.1, -0.05) is 41.1 Å². The molecule has 0 radical (unpaired) electrons. The van der Waals surface area contributed by atoms with Gasteiger partial charge in [-0.3, -0.25) is 19.5 Å². The van der Waals surface area contributed by atoms with Crippen molar-refractivity contribution in [2.75, 3.05) is 11.1 Å². The molecular weight excluding hydrogens is 474 g/mol. The van der Waals surface area contributed by atoms with Crippen molar-refractivity contribution in [2.45, 2.75) is 19.0 Å². The van der Waals surface area contributed by atoms with Gasteiger partial charge in [0.15, 0.2) is 11.0 Å². The minimum Gasteiger partial charge on any atom is -0.325 e. The van der Waals surface area contributed by atoms with Crippen molar-refractivity contribution >= 4 is 40.6 Å². The average molecular weight is 494 g/mol. The fraction of sp³-hybridized carbons (Fsp3) is 0.125. The van der Waals surface area contributed by atoms with E-state index >= 15 is 0 Å². The summed E-state index contributed by atoms with van der Waals surface area (Å²) in [6.45, 7) is 3.72. The lowest BCUT2D eigenvalue weighted by Gasteiger charge is -2.11. The van der Waals surface area contributed by atoms with E-state index in [1.165, 1.54) is 30.0 Å². The van der Waals surface area contributed by atoms with Crippen LogP contribution in [0.25, 0.3) is 17.1 Å². The first kappa shape index (κ1) is 23.5. The topological polar surface area (TPSA) is 103 Å². The van der Waals surface area contributed by atoms with Gasteiger partial charge in [0, 0.05) is 34.1 Å². The minimum absolute atomic E-state index is 0.0224. The normalized spacial score (nSPS) is 10.8. The molecule has 4 aromatic rings. The summed E-state index contributed by atoms with van der Waals surface area (Å²) in [4.78, 5) is 23.1. The van der Waals surface area contributed by atoms with Crippen LogP contribution in [0.3, 0.4) is 0 Å². The van der Waals surface area contributed by atoms with E-state index in [2.05, 4.69) is 15.5 Å². The average Bonchev–Trinajstić information content (AvgIpc) is 3.24. The number of thioether (sulfide) groups is 1. The zero-order valence-corrected chi connectivity index (χ0v) is 19.9. The van der Waals surface area contributed by atoms with Gasteiger partial charge in [0.2, 0.25) is 5.91 Å². The van der Waals surface area contributed by atoms with Crippen molar-refractivity contribution in [2.24, 2.45) is 0 Å². The number of nitrogens with zero attached hydrogens (tertiary/aromatic N) is 4. The molecule has 0 unspecified atom stereocenters. The number of nitrogens with one attached hydrogen (secondary N) is 1. The number of rotatable bonds is 7. The molecule has 1 heterocycles. The van der Waals surface area contributed by atoms with E-state index in [-0.39, 0.29) is 17.3 Å². The van der Waals surface area contributed by atoms with Crippen molar-refractivity contribution in [1.82, 2.24) is 14.8 Å². The number of hydrogen-bond donors (Lipinski definition) is 1. The van der Waals surface area contributed by atoms with Gasteiger partial charge >= 0.3 is 0 Å². The van der Waals surface area contributed by atoms with E-state index < -0.39 is 4.92 Å². The second-order valence-corrected chi connectivity index (χ2v) is 8.96. The maximum Gasteiger partial charge on any atom is 0.269 e. The zero-order chi connectivity index (χ0) is 24.2. The predicted octanol–water partition coefficient (Wildman–Crippen LogP) is 5.84. The molecule has 1 N–H and O–H groups in total. The lowest BCUT2D eigenvalue weighted by molar-refractivity contribution is -0.384. The van der Waals surface area contributed by atoms with Crippen molar-refractivity contribution < 1.29 is 9.72 Å². The summed E-state index contributed by atoms with van der Waals surface area (Å²) < 4.78 is 1.90. The molecule has 0 bridgehead atoms. The van der Waals surface area contributed by atoms with Crippen LogP contribution in [0.4, 0.5) is 11.4 Å². The van der Waals surface area contributed by atoms with Gasteiger partial charge in [-0.05, 0) is 61.9 Å². The first-order valence-electron chi connectivity index (χ1n) is 10.3. The highest BCUT2D eigenvalue weighted by atomic mass is 35.5. The number of anilines is 1. The molecule has 0 atom stereocenters. The number of halogens is 1. The summed E-state index contributed by atoms with van der Waals surface area (Å²) in [5.74, 6) is 0.462. The lowest BCUT2D eigenvalue weighted by Crippen LogP contribution is -2.15. The molecule has 10 heteroatoms. The molecule has 8 nitrogen and oxygen atoms in total. The quantitative estimate of drug-likeness (QED) is 0.197. The number of aryl methyl sites for hydroxylation is 2. The fourth-order valence-corrected chi connectivity index (χ4v) is 4.17. The molecular formula is C24H20ClN5O3S. The van der Waals surface area contributed by atoms with Crippen LogP contribution in [-0.2, 0) is 4.79 Å². The Hall–Kier alpha value is -3.69. The van der Waals surface area contributed by atoms with Gasteiger partial charge in [0.05, 0.1) is 10.7 Å². The number of carbonyl (C=O) groups excluding carboxylic acids is 1. The first-order valence-corrected chi connectivity index (χ1v) is 11.6. The van der Waals surface area contributed by atoms with E-state index in [0.717, 1.165) is 16.8 Å². The smallest absolute Gasteiger partial charge is 0.269 e. The van der Waals surface area contributed by atoms with Crippen molar-refractivity contribution in [1.29, 1.82) is 0 Å². The second kappa shape index (κ2) is 10.1. The maximum atomic E-state index is 12.6. The number of carbonyl (C=O) groups is 1. The highest BCUT2D eigenvalue weighted by molar-refractivity contribution is 7.99. The number of nitro groups is 1. The van der Waals surface area contributed by atoms with Crippen LogP contribution < -0.4 is 5.32 Å². The van der Waals surface area contributed by atoms with Gasteiger partial charge in [-0.15, -0.1) is 10.2 Å². The summed E-state index contributed by atoms with van der Waals surface area (Å²) in [5, 5.41) is 23.6. The standard InChI is InChI=1S/C24H20ClN5O3S/c1-15-3-9-19(10-4-15)29-23(17-5-7-18(25)8-6-17)27-28-24(29)34-14-22(31)26-21-12-11-20(30(32)33)13-16(21)2/h3-13H,14H2,1-2H3,(H,26,31). The third-order valence-electron chi connectivity index (χ3n) is 5.06. The molecule has 34 heavy (non-hydrogen) atoms. The zero-order valence-electron chi connectivity index (χ0n) is 18.4. The minimum atomic E-state index is -0.468. The molecule has 0 saturated carbocycles. The number of amides is 1. The van der Waals surface area contributed by atoms with E-state index in [4.69, 9.17) is 11.6 Å². The van der Waals surface area contributed by atoms with Crippen molar-refractivity contribution in [3.8, 4) is 17.1 Å². The van der Waals surface area contributed by atoms with Gasteiger partial charge in [-0.2, -0.15) is 0 Å². The Labute approximate surface area is 205 Å². The molecule has 0 fully saturated rings. The summed E-state index contributed by atoms with van der Waals surface area (Å²) >= 11 is 7.29. The third kappa shape index (κ3) is 5.27.